The SMILES string of the molecule is COC(=O)C1=C(C)NC2=C(C(=O)C(C)(C)CC2)C1c1cccc(F)c1F. The minimum absolute atomic E-state index is 0.0372. The van der Waals surface area contributed by atoms with E-state index in [4.69, 9.17) is 4.74 Å². The van der Waals surface area contributed by atoms with Crippen molar-refractivity contribution in [3.63, 3.8) is 0 Å². The van der Waals surface area contributed by atoms with Crippen molar-refractivity contribution in [3.05, 3.63) is 57.9 Å². The van der Waals surface area contributed by atoms with Gasteiger partial charge < -0.3 is 10.1 Å². The molecule has 4 nitrogen and oxygen atoms in total. The van der Waals surface area contributed by atoms with Crippen LogP contribution in [0.25, 0.3) is 0 Å². The third kappa shape index (κ3) is 2.73. The fourth-order valence-corrected chi connectivity index (χ4v) is 3.71. The average molecular weight is 361 g/mol. The highest BCUT2D eigenvalue weighted by molar-refractivity contribution is 6.06. The molecule has 1 aliphatic heterocycles. The van der Waals surface area contributed by atoms with Gasteiger partial charge >= 0.3 is 5.97 Å². The number of benzene rings is 1. The van der Waals surface area contributed by atoms with Gasteiger partial charge in [-0.2, -0.15) is 0 Å². The van der Waals surface area contributed by atoms with E-state index in [1.165, 1.54) is 19.2 Å². The Morgan fingerprint density at radius 3 is 2.65 bits per heavy atom. The molecular weight excluding hydrogens is 340 g/mol. The quantitative estimate of drug-likeness (QED) is 0.816. The summed E-state index contributed by atoms with van der Waals surface area (Å²) in [7, 11) is 1.22. The Morgan fingerprint density at radius 2 is 2.00 bits per heavy atom. The van der Waals surface area contributed by atoms with Crippen molar-refractivity contribution in [2.45, 2.75) is 39.5 Å². The molecule has 138 valence electrons. The molecule has 1 heterocycles. The first-order chi connectivity index (χ1) is 12.2. The Morgan fingerprint density at radius 1 is 1.31 bits per heavy atom. The lowest BCUT2D eigenvalue weighted by molar-refractivity contribution is -0.136. The Labute approximate surface area is 150 Å². The molecule has 0 bridgehead atoms. The number of Topliss-reactive ketones (excluding diaryl/α,β-unsaturated/α-hetero) is 1. The van der Waals surface area contributed by atoms with Crippen molar-refractivity contribution in [2.24, 2.45) is 5.41 Å². The van der Waals surface area contributed by atoms with Crippen LogP contribution in [-0.2, 0) is 14.3 Å². The zero-order valence-corrected chi connectivity index (χ0v) is 15.2. The zero-order chi connectivity index (χ0) is 19.2. The van der Waals surface area contributed by atoms with Crippen LogP contribution in [0.3, 0.4) is 0 Å². The number of nitrogens with one attached hydrogen (secondary N) is 1. The number of rotatable bonds is 2. The van der Waals surface area contributed by atoms with E-state index in [1.54, 1.807) is 6.92 Å². The number of ketones is 1. The second kappa shape index (κ2) is 6.34. The van der Waals surface area contributed by atoms with Crippen LogP contribution in [0, 0.1) is 17.0 Å². The van der Waals surface area contributed by atoms with Gasteiger partial charge in [0.2, 0.25) is 0 Å². The molecule has 2 aliphatic rings. The monoisotopic (exact) mass is 361 g/mol. The molecule has 0 saturated carbocycles. The number of hydrogen-bond acceptors (Lipinski definition) is 4. The van der Waals surface area contributed by atoms with Crippen LogP contribution in [0.15, 0.2) is 40.7 Å². The summed E-state index contributed by atoms with van der Waals surface area (Å²) in [5.74, 6) is -3.93. The molecule has 0 amide bonds. The fourth-order valence-electron chi connectivity index (χ4n) is 3.71. The largest absolute Gasteiger partial charge is 0.466 e. The Hall–Kier alpha value is -2.50. The number of methoxy groups -OCH3 is 1. The number of carbonyl (C=O) groups excluding carboxylic acids is 2. The summed E-state index contributed by atoms with van der Waals surface area (Å²) in [5.41, 5.74) is 0.906. The minimum atomic E-state index is -1.06. The van der Waals surface area contributed by atoms with Gasteiger partial charge in [0.15, 0.2) is 17.4 Å². The highest BCUT2D eigenvalue weighted by Gasteiger charge is 2.45. The lowest BCUT2D eigenvalue weighted by atomic mass is 9.67. The molecule has 0 radical (unpaired) electrons. The van der Waals surface area contributed by atoms with Crippen molar-refractivity contribution >= 4 is 11.8 Å². The second-order valence-corrected chi connectivity index (χ2v) is 7.34. The molecule has 6 heteroatoms. The number of allylic oxidation sites excluding steroid dienone is 3. The first-order valence-electron chi connectivity index (χ1n) is 8.47. The molecule has 1 aromatic rings. The summed E-state index contributed by atoms with van der Waals surface area (Å²) < 4.78 is 33.4. The van der Waals surface area contributed by atoms with Crippen LogP contribution in [0.5, 0.6) is 0 Å². The van der Waals surface area contributed by atoms with E-state index in [0.717, 1.165) is 6.07 Å². The summed E-state index contributed by atoms with van der Waals surface area (Å²) in [5, 5.41) is 3.11. The van der Waals surface area contributed by atoms with Crippen molar-refractivity contribution in [2.75, 3.05) is 7.11 Å². The van der Waals surface area contributed by atoms with Gasteiger partial charge in [0.05, 0.1) is 18.6 Å². The topological polar surface area (TPSA) is 55.4 Å². The maximum absolute atomic E-state index is 14.6. The van der Waals surface area contributed by atoms with E-state index < -0.39 is 28.9 Å². The molecule has 0 spiro atoms. The first-order valence-corrected chi connectivity index (χ1v) is 8.47. The third-order valence-corrected chi connectivity index (χ3v) is 5.20. The van der Waals surface area contributed by atoms with Gasteiger partial charge in [-0.1, -0.05) is 26.0 Å². The molecule has 0 saturated heterocycles. The predicted octanol–water partition coefficient (Wildman–Crippen LogP) is 3.74. The molecule has 3 rings (SSSR count). The van der Waals surface area contributed by atoms with Gasteiger partial charge in [-0.25, -0.2) is 13.6 Å². The molecule has 1 unspecified atom stereocenters. The standard InChI is InChI=1S/C20H21F2NO3/c1-10-14(19(25)26-4)15(11-6-5-7-12(21)17(11)22)16-13(23-10)8-9-20(2,3)18(16)24/h5-7,15,23H,8-9H2,1-4H3. The number of hydrogen-bond donors (Lipinski definition) is 1. The van der Waals surface area contributed by atoms with Crippen molar-refractivity contribution in [3.8, 4) is 0 Å². The van der Waals surface area contributed by atoms with Gasteiger partial charge in [-0.15, -0.1) is 0 Å². The maximum atomic E-state index is 14.6. The van der Waals surface area contributed by atoms with Crippen LogP contribution < -0.4 is 5.32 Å². The van der Waals surface area contributed by atoms with E-state index in [9.17, 15) is 18.4 Å². The van der Waals surface area contributed by atoms with E-state index in [2.05, 4.69) is 5.32 Å². The van der Waals surface area contributed by atoms with Crippen LogP contribution >= 0.6 is 0 Å². The normalized spacial score (nSPS) is 22.1. The lowest BCUT2D eigenvalue weighted by Gasteiger charge is -2.39. The number of carbonyl (C=O) groups is 2. The number of esters is 1. The summed E-state index contributed by atoms with van der Waals surface area (Å²) in [6, 6.07) is 3.79. The van der Waals surface area contributed by atoms with Gasteiger partial charge in [0.25, 0.3) is 0 Å². The van der Waals surface area contributed by atoms with Crippen LogP contribution in [0.4, 0.5) is 8.78 Å². The molecule has 0 fully saturated rings. The molecular formula is C20H21F2NO3. The lowest BCUT2D eigenvalue weighted by Crippen LogP contribution is -2.40. The van der Waals surface area contributed by atoms with E-state index in [-0.39, 0.29) is 16.9 Å². The highest BCUT2D eigenvalue weighted by atomic mass is 19.2. The van der Waals surface area contributed by atoms with Crippen LogP contribution in [0.2, 0.25) is 0 Å². The Kier molecular flexibility index (Phi) is 4.46. The average Bonchev–Trinajstić information content (AvgIpc) is 2.59. The first kappa shape index (κ1) is 18.3. The molecule has 1 N–H and O–H groups in total. The van der Waals surface area contributed by atoms with Crippen LogP contribution in [0.1, 0.15) is 45.1 Å². The van der Waals surface area contributed by atoms with E-state index >= 15 is 0 Å². The van der Waals surface area contributed by atoms with Gasteiger partial charge in [0.1, 0.15) is 0 Å². The summed E-state index contributed by atoms with van der Waals surface area (Å²) >= 11 is 0. The van der Waals surface area contributed by atoms with Gasteiger partial charge in [-0.3, -0.25) is 4.79 Å². The zero-order valence-electron chi connectivity index (χ0n) is 15.2. The molecule has 1 aliphatic carbocycles. The molecule has 26 heavy (non-hydrogen) atoms. The molecule has 1 aromatic carbocycles. The van der Waals surface area contributed by atoms with Gasteiger partial charge in [-0.05, 0) is 25.8 Å². The Bertz CT molecular complexity index is 868. The number of dihydropyridines is 1. The fraction of sp³-hybridized carbons (Fsp3) is 0.400. The third-order valence-electron chi connectivity index (χ3n) is 5.20. The summed E-state index contributed by atoms with van der Waals surface area (Å²) in [6.07, 6.45) is 1.23. The molecule has 1 atom stereocenters. The predicted molar refractivity (Wildman–Crippen MR) is 92.0 cm³/mol. The smallest absolute Gasteiger partial charge is 0.336 e. The summed E-state index contributed by atoms with van der Waals surface area (Å²) in [4.78, 5) is 25.6. The van der Waals surface area contributed by atoms with Gasteiger partial charge in [0, 0.05) is 27.9 Å². The van der Waals surface area contributed by atoms with E-state index in [0.29, 0.717) is 29.8 Å². The van der Waals surface area contributed by atoms with Crippen molar-refractivity contribution in [1.29, 1.82) is 0 Å². The summed E-state index contributed by atoms with van der Waals surface area (Å²) in [6.45, 7) is 5.31. The molecule has 0 aromatic heterocycles. The minimum Gasteiger partial charge on any atom is -0.466 e. The van der Waals surface area contributed by atoms with Crippen molar-refractivity contribution in [1.82, 2.24) is 5.32 Å². The number of ether oxygens (including phenoxy) is 1. The van der Waals surface area contributed by atoms with Crippen LogP contribution in [-0.4, -0.2) is 18.9 Å². The van der Waals surface area contributed by atoms with Crippen molar-refractivity contribution < 1.29 is 23.1 Å². The maximum Gasteiger partial charge on any atom is 0.336 e. The Balaban J connectivity index is 2.29. The highest BCUT2D eigenvalue weighted by Crippen LogP contribution is 2.47. The van der Waals surface area contributed by atoms with E-state index in [1.807, 2.05) is 13.8 Å². The number of halogens is 2. The second-order valence-electron chi connectivity index (χ2n) is 7.34.